The quantitative estimate of drug-likeness (QED) is 0.900. The largest absolute Gasteiger partial charge is 0.386 e. The van der Waals surface area contributed by atoms with Crippen LogP contribution in [-0.2, 0) is 9.84 Å². The summed E-state index contributed by atoms with van der Waals surface area (Å²) in [5.74, 6) is 0.220. The van der Waals surface area contributed by atoms with Gasteiger partial charge in [0, 0.05) is 9.75 Å². The third-order valence-electron chi connectivity index (χ3n) is 3.33. The first-order chi connectivity index (χ1) is 7.92. The second-order valence-corrected chi connectivity index (χ2v) is 8.38. The molecule has 1 saturated heterocycles. The zero-order chi connectivity index (χ0) is 12.6. The molecule has 96 valence electrons. The highest BCUT2D eigenvalue weighted by molar-refractivity contribution is 7.92. The molecule has 1 fully saturated rings. The molecule has 17 heavy (non-hydrogen) atoms. The van der Waals surface area contributed by atoms with Crippen molar-refractivity contribution in [2.75, 3.05) is 5.75 Å². The van der Waals surface area contributed by atoms with Crippen molar-refractivity contribution in [2.45, 2.75) is 44.5 Å². The molecule has 2 heterocycles. The van der Waals surface area contributed by atoms with E-state index in [1.165, 1.54) is 11.3 Å². The number of thiophene rings is 1. The van der Waals surface area contributed by atoms with Gasteiger partial charge in [0.2, 0.25) is 0 Å². The lowest BCUT2D eigenvalue weighted by atomic mass is 10.1. The van der Waals surface area contributed by atoms with Gasteiger partial charge in [0.1, 0.15) is 6.10 Å². The minimum atomic E-state index is -3.12. The minimum Gasteiger partial charge on any atom is -0.386 e. The second kappa shape index (κ2) is 4.71. The highest BCUT2D eigenvalue weighted by atomic mass is 32.2. The van der Waals surface area contributed by atoms with Crippen LogP contribution in [0.25, 0.3) is 0 Å². The number of hydrogen-bond acceptors (Lipinski definition) is 4. The summed E-state index contributed by atoms with van der Waals surface area (Å²) in [4.78, 5) is 1.93. The van der Waals surface area contributed by atoms with Gasteiger partial charge in [-0.2, -0.15) is 0 Å². The van der Waals surface area contributed by atoms with E-state index in [0.29, 0.717) is 6.42 Å². The molecule has 0 aliphatic carbocycles. The van der Waals surface area contributed by atoms with E-state index >= 15 is 0 Å². The van der Waals surface area contributed by atoms with Crippen LogP contribution in [0.2, 0.25) is 0 Å². The van der Waals surface area contributed by atoms with Gasteiger partial charge < -0.3 is 5.11 Å². The fraction of sp³-hybridized carbons (Fsp3) is 0.667. The number of sulfone groups is 1. The summed E-state index contributed by atoms with van der Waals surface area (Å²) in [6.07, 6.45) is 1.36. The average Bonchev–Trinajstić information content (AvgIpc) is 2.56. The summed E-state index contributed by atoms with van der Waals surface area (Å²) < 4.78 is 23.9. The number of rotatable bonds is 2. The van der Waals surface area contributed by atoms with Crippen LogP contribution in [0.3, 0.4) is 0 Å². The van der Waals surface area contributed by atoms with Crippen LogP contribution < -0.4 is 0 Å². The summed E-state index contributed by atoms with van der Waals surface area (Å²) in [7, 11) is -3.12. The number of hydrogen-bond donors (Lipinski definition) is 1. The van der Waals surface area contributed by atoms with Gasteiger partial charge in [-0.15, -0.1) is 11.3 Å². The van der Waals surface area contributed by atoms with E-state index in [4.69, 9.17) is 0 Å². The third kappa shape index (κ3) is 2.56. The van der Waals surface area contributed by atoms with Crippen LogP contribution in [0.5, 0.6) is 0 Å². The van der Waals surface area contributed by atoms with E-state index in [1.54, 1.807) is 0 Å². The Hall–Kier alpha value is -0.390. The fourth-order valence-corrected chi connectivity index (χ4v) is 5.59. The molecule has 2 atom stereocenters. The first-order valence-electron chi connectivity index (χ1n) is 5.88. The summed E-state index contributed by atoms with van der Waals surface area (Å²) in [5.41, 5.74) is 1.00. The van der Waals surface area contributed by atoms with Crippen molar-refractivity contribution in [1.82, 2.24) is 0 Å². The summed E-state index contributed by atoms with van der Waals surface area (Å²) in [5, 5.41) is 9.70. The second-order valence-electron chi connectivity index (χ2n) is 4.75. The van der Waals surface area contributed by atoms with Gasteiger partial charge >= 0.3 is 0 Å². The molecule has 0 amide bonds. The van der Waals surface area contributed by atoms with Crippen LogP contribution in [0.4, 0.5) is 0 Å². The van der Waals surface area contributed by atoms with Crippen molar-refractivity contribution in [3.63, 3.8) is 0 Å². The zero-order valence-corrected chi connectivity index (χ0v) is 11.8. The maximum Gasteiger partial charge on any atom is 0.156 e. The third-order valence-corrected chi connectivity index (χ3v) is 6.83. The maximum absolute atomic E-state index is 12.0. The molecule has 1 aromatic heterocycles. The molecular weight excluding hydrogens is 256 g/mol. The normalized spacial score (nSPS) is 25.7. The Morgan fingerprint density at radius 1 is 1.41 bits per heavy atom. The molecule has 0 aromatic carbocycles. The highest BCUT2D eigenvalue weighted by Crippen LogP contribution is 2.35. The van der Waals surface area contributed by atoms with Gasteiger partial charge in [0.15, 0.2) is 9.84 Å². The molecule has 3 nitrogen and oxygen atoms in total. The molecule has 5 heteroatoms. The lowest BCUT2D eigenvalue weighted by molar-refractivity contribution is 0.167. The van der Waals surface area contributed by atoms with Gasteiger partial charge in [-0.05, 0) is 38.3 Å². The maximum atomic E-state index is 12.0. The van der Waals surface area contributed by atoms with Crippen LogP contribution in [0, 0.1) is 13.8 Å². The van der Waals surface area contributed by atoms with Crippen LogP contribution in [0.15, 0.2) is 6.07 Å². The van der Waals surface area contributed by atoms with E-state index < -0.39 is 21.2 Å². The standard InChI is InChI=1S/C12H18O3S2/c1-8-7-9(2)16-12(8)11(13)10-5-3-4-6-17(10,14)15/h7,10-11,13H,3-6H2,1-2H3. The Morgan fingerprint density at radius 2 is 2.12 bits per heavy atom. The predicted molar refractivity (Wildman–Crippen MR) is 70.2 cm³/mol. The lowest BCUT2D eigenvalue weighted by Crippen LogP contribution is -2.33. The SMILES string of the molecule is Cc1cc(C)c(C(O)C2CCCCS2(=O)=O)s1. The molecule has 1 aliphatic rings. The number of aryl methyl sites for hydroxylation is 2. The predicted octanol–water partition coefficient (Wildman–Crippen LogP) is 2.37. The van der Waals surface area contributed by atoms with E-state index in [-0.39, 0.29) is 5.75 Å². The average molecular weight is 274 g/mol. The molecule has 1 aromatic rings. The molecule has 2 unspecified atom stereocenters. The lowest BCUT2D eigenvalue weighted by Gasteiger charge is -2.26. The van der Waals surface area contributed by atoms with Crippen molar-refractivity contribution in [2.24, 2.45) is 0 Å². The smallest absolute Gasteiger partial charge is 0.156 e. The molecule has 1 aliphatic heterocycles. The molecule has 2 rings (SSSR count). The Labute approximate surface area is 106 Å². The Morgan fingerprint density at radius 3 is 2.65 bits per heavy atom. The topological polar surface area (TPSA) is 54.4 Å². The summed E-state index contributed by atoms with van der Waals surface area (Å²) >= 11 is 1.50. The van der Waals surface area contributed by atoms with Gasteiger partial charge in [0.05, 0.1) is 11.0 Å². The van der Waals surface area contributed by atoms with Crippen molar-refractivity contribution in [3.8, 4) is 0 Å². The van der Waals surface area contributed by atoms with Crippen LogP contribution in [0.1, 0.15) is 40.7 Å². The number of aliphatic hydroxyl groups excluding tert-OH is 1. The summed E-state index contributed by atoms with van der Waals surface area (Å²) in [6.45, 7) is 3.90. The molecule has 0 radical (unpaired) electrons. The molecular formula is C12H18O3S2. The highest BCUT2D eigenvalue weighted by Gasteiger charge is 2.36. The monoisotopic (exact) mass is 274 g/mol. The molecule has 0 bridgehead atoms. The van der Waals surface area contributed by atoms with E-state index in [2.05, 4.69) is 0 Å². The van der Waals surface area contributed by atoms with Crippen molar-refractivity contribution < 1.29 is 13.5 Å². The van der Waals surface area contributed by atoms with E-state index in [0.717, 1.165) is 28.2 Å². The van der Waals surface area contributed by atoms with Crippen molar-refractivity contribution >= 4 is 21.2 Å². The van der Waals surface area contributed by atoms with E-state index in [9.17, 15) is 13.5 Å². The van der Waals surface area contributed by atoms with Gasteiger partial charge in [0.25, 0.3) is 0 Å². The van der Waals surface area contributed by atoms with Gasteiger partial charge in [-0.1, -0.05) is 6.42 Å². The molecule has 1 N–H and O–H groups in total. The Bertz CT molecular complexity index is 502. The van der Waals surface area contributed by atoms with Gasteiger partial charge in [-0.25, -0.2) is 8.42 Å². The minimum absolute atomic E-state index is 0.220. The summed E-state index contributed by atoms with van der Waals surface area (Å²) in [6, 6.07) is 2.00. The first-order valence-corrected chi connectivity index (χ1v) is 8.41. The van der Waals surface area contributed by atoms with E-state index in [1.807, 2.05) is 19.9 Å². The van der Waals surface area contributed by atoms with Crippen molar-refractivity contribution in [3.05, 3.63) is 21.4 Å². The van der Waals surface area contributed by atoms with Gasteiger partial charge in [-0.3, -0.25) is 0 Å². The zero-order valence-electron chi connectivity index (χ0n) is 10.1. The van der Waals surface area contributed by atoms with Crippen LogP contribution >= 0.6 is 11.3 Å². The molecule has 0 spiro atoms. The Balaban J connectivity index is 2.31. The molecule has 0 saturated carbocycles. The van der Waals surface area contributed by atoms with Crippen molar-refractivity contribution in [1.29, 1.82) is 0 Å². The Kier molecular flexibility index (Phi) is 3.61. The fourth-order valence-electron chi connectivity index (χ4n) is 2.46. The van der Waals surface area contributed by atoms with Crippen LogP contribution in [-0.4, -0.2) is 24.5 Å². The first kappa shape index (κ1) is 13.1. The number of aliphatic hydroxyl groups is 1.